The number of anilines is 1. The largest absolute Gasteiger partial charge is 0.462 e. The Bertz CT molecular complexity index is 1140. The van der Waals surface area contributed by atoms with Crippen molar-refractivity contribution < 1.29 is 14.3 Å². The molecule has 0 saturated carbocycles. The predicted octanol–water partition coefficient (Wildman–Crippen LogP) is 4.45. The molecule has 0 bridgehead atoms. The van der Waals surface area contributed by atoms with Crippen LogP contribution in [-0.4, -0.2) is 44.0 Å². The van der Waals surface area contributed by atoms with Crippen molar-refractivity contribution in [3.8, 4) is 11.4 Å². The van der Waals surface area contributed by atoms with Gasteiger partial charge in [-0.15, -0.1) is 21.5 Å². The molecule has 4 rings (SSSR count). The van der Waals surface area contributed by atoms with Gasteiger partial charge in [0.05, 0.1) is 17.9 Å². The average Bonchev–Trinajstić information content (AvgIpc) is 3.38. The summed E-state index contributed by atoms with van der Waals surface area (Å²) in [4.78, 5) is 30.7. The number of rotatable bonds is 8. The third-order valence-electron chi connectivity index (χ3n) is 5.55. The normalized spacial score (nSPS) is 15.2. The van der Waals surface area contributed by atoms with Crippen LogP contribution in [0.4, 0.5) is 5.00 Å². The summed E-state index contributed by atoms with van der Waals surface area (Å²) < 4.78 is 7.27. The Morgan fingerprint density at radius 2 is 2.06 bits per heavy atom. The molecule has 3 aromatic heterocycles. The Labute approximate surface area is 201 Å². The molecule has 1 amide bonds. The molecule has 0 aliphatic heterocycles. The fraction of sp³-hybridized carbons (Fsp3) is 0.435. The maximum absolute atomic E-state index is 12.8. The zero-order valence-corrected chi connectivity index (χ0v) is 20.6. The molecule has 1 N–H and O–H groups in total. The Balaban J connectivity index is 1.49. The van der Waals surface area contributed by atoms with Gasteiger partial charge in [0.15, 0.2) is 11.0 Å². The highest BCUT2D eigenvalue weighted by molar-refractivity contribution is 7.99. The van der Waals surface area contributed by atoms with Crippen molar-refractivity contribution in [2.24, 2.45) is 5.92 Å². The summed E-state index contributed by atoms with van der Waals surface area (Å²) in [7, 11) is 0. The monoisotopic (exact) mass is 485 g/mol. The molecule has 0 spiro atoms. The van der Waals surface area contributed by atoms with E-state index >= 15 is 0 Å². The van der Waals surface area contributed by atoms with Gasteiger partial charge in [-0.05, 0) is 56.7 Å². The number of thioether (sulfide) groups is 1. The van der Waals surface area contributed by atoms with E-state index in [0.29, 0.717) is 34.8 Å². The summed E-state index contributed by atoms with van der Waals surface area (Å²) >= 11 is 2.82. The van der Waals surface area contributed by atoms with E-state index in [1.54, 1.807) is 19.3 Å². The first-order valence-corrected chi connectivity index (χ1v) is 12.9. The quantitative estimate of drug-likeness (QED) is 0.372. The Kier molecular flexibility index (Phi) is 7.44. The van der Waals surface area contributed by atoms with Gasteiger partial charge in [0, 0.05) is 29.4 Å². The molecule has 1 aliphatic carbocycles. The topological polar surface area (TPSA) is 99.0 Å². The van der Waals surface area contributed by atoms with Crippen LogP contribution in [0.25, 0.3) is 11.4 Å². The number of ether oxygens (including phenoxy) is 1. The van der Waals surface area contributed by atoms with Crippen LogP contribution in [0.15, 0.2) is 29.7 Å². The fourth-order valence-electron chi connectivity index (χ4n) is 3.95. The number of nitrogens with zero attached hydrogens (tertiary/aromatic N) is 4. The molecular weight excluding hydrogens is 458 g/mol. The Morgan fingerprint density at radius 3 is 2.79 bits per heavy atom. The van der Waals surface area contributed by atoms with E-state index in [0.717, 1.165) is 36.2 Å². The van der Waals surface area contributed by atoms with E-state index in [4.69, 9.17) is 4.74 Å². The maximum atomic E-state index is 12.8. The number of pyridine rings is 1. The lowest BCUT2D eigenvalue weighted by molar-refractivity contribution is -0.113. The van der Waals surface area contributed by atoms with Gasteiger partial charge in [-0.1, -0.05) is 18.7 Å². The van der Waals surface area contributed by atoms with Gasteiger partial charge < -0.3 is 14.6 Å². The summed E-state index contributed by atoms with van der Waals surface area (Å²) in [5, 5.41) is 12.8. The SMILES string of the molecule is CCOC(=O)c1c(NC(=O)CSc2nnc(-c3ccncc3)n2CC)sc2c1CCC(C)C2. The van der Waals surface area contributed by atoms with E-state index < -0.39 is 0 Å². The van der Waals surface area contributed by atoms with Gasteiger partial charge in [0.25, 0.3) is 0 Å². The van der Waals surface area contributed by atoms with E-state index in [9.17, 15) is 9.59 Å². The lowest BCUT2D eigenvalue weighted by atomic mass is 9.88. The molecule has 1 aliphatic rings. The second-order valence-electron chi connectivity index (χ2n) is 7.90. The summed E-state index contributed by atoms with van der Waals surface area (Å²) in [5.74, 6) is 0.927. The first-order chi connectivity index (χ1) is 16.0. The van der Waals surface area contributed by atoms with Crippen LogP contribution in [0.2, 0.25) is 0 Å². The van der Waals surface area contributed by atoms with Gasteiger partial charge in [0.1, 0.15) is 5.00 Å². The fourth-order valence-corrected chi connectivity index (χ4v) is 6.16. The third kappa shape index (κ3) is 5.11. The van der Waals surface area contributed by atoms with Crippen LogP contribution in [0.3, 0.4) is 0 Å². The summed E-state index contributed by atoms with van der Waals surface area (Å²) in [6, 6.07) is 3.77. The molecule has 10 heteroatoms. The zero-order chi connectivity index (χ0) is 23.4. The zero-order valence-electron chi connectivity index (χ0n) is 19.0. The van der Waals surface area contributed by atoms with E-state index in [1.165, 1.54) is 28.0 Å². The van der Waals surface area contributed by atoms with Gasteiger partial charge in [0.2, 0.25) is 5.91 Å². The first-order valence-electron chi connectivity index (χ1n) is 11.1. The molecular formula is C23H27N5O3S2. The van der Waals surface area contributed by atoms with Crippen molar-refractivity contribution in [3.05, 3.63) is 40.5 Å². The molecule has 0 aromatic carbocycles. The number of fused-ring (bicyclic) bond motifs is 1. The molecule has 0 fully saturated rings. The second kappa shape index (κ2) is 10.5. The number of hydrogen-bond donors (Lipinski definition) is 1. The average molecular weight is 486 g/mol. The number of aromatic nitrogens is 4. The van der Waals surface area contributed by atoms with Crippen LogP contribution >= 0.6 is 23.1 Å². The number of carbonyl (C=O) groups excluding carboxylic acids is 2. The van der Waals surface area contributed by atoms with Crippen LogP contribution in [0, 0.1) is 5.92 Å². The first kappa shape index (κ1) is 23.4. The number of hydrogen-bond acceptors (Lipinski definition) is 8. The molecule has 0 saturated heterocycles. The van der Waals surface area contributed by atoms with E-state index in [-0.39, 0.29) is 17.6 Å². The van der Waals surface area contributed by atoms with Crippen molar-refractivity contribution >= 4 is 40.0 Å². The lowest BCUT2D eigenvalue weighted by Gasteiger charge is -2.18. The minimum Gasteiger partial charge on any atom is -0.462 e. The summed E-state index contributed by atoms with van der Waals surface area (Å²) in [6.45, 7) is 7.00. The van der Waals surface area contributed by atoms with Gasteiger partial charge in [-0.3, -0.25) is 9.78 Å². The van der Waals surface area contributed by atoms with E-state index in [1.807, 2.05) is 23.6 Å². The smallest absolute Gasteiger partial charge is 0.341 e. The summed E-state index contributed by atoms with van der Waals surface area (Å²) in [6.07, 6.45) is 6.23. The predicted molar refractivity (Wildman–Crippen MR) is 130 cm³/mol. The lowest BCUT2D eigenvalue weighted by Crippen LogP contribution is -2.18. The molecule has 33 heavy (non-hydrogen) atoms. The van der Waals surface area contributed by atoms with Gasteiger partial charge in [-0.2, -0.15) is 0 Å². The molecule has 3 aromatic rings. The molecule has 1 atom stereocenters. The van der Waals surface area contributed by atoms with Crippen molar-refractivity contribution in [1.29, 1.82) is 0 Å². The standard InChI is InChI=1S/C23H27N5O3S2/c1-4-28-20(15-8-10-24-11-9-15)26-27-23(28)32-13-18(29)25-21-19(22(30)31-5-2)16-7-6-14(3)12-17(16)33-21/h8-11,14H,4-7,12-13H2,1-3H3,(H,25,29). The third-order valence-corrected chi connectivity index (χ3v) is 7.68. The number of esters is 1. The summed E-state index contributed by atoms with van der Waals surface area (Å²) in [5.41, 5.74) is 2.49. The highest BCUT2D eigenvalue weighted by Crippen LogP contribution is 2.40. The van der Waals surface area contributed by atoms with Crippen LogP contribution in [0.5, 0.6) is 0 Å². The molecule has 0 radical (unpaired) electrons. The van der Waals surface area contributed by atoms with Crippen LogP contribution < -0.4 is 5.32 Å². The maximum Gasteiger partial charge on any atom is 0.341 e. The van der Waals surface area contributed by atoms with Crippen molar-refractivity contribution in [3.63, 3.8) is 0 Å². The molecule has 3 heterocycles. The molecule has 1 unspecified atom stereocenters. The second-order valence-corrected chi connectivity index (χ2v) is 9.95. The number of thiophene rings is 1. The van der Waals surface area contributed by atoms with Crippen molar-refractivity contribution in [1.82, 2.24) is 19.7 Å². The van der Waals surface area contributed by atoms with Crippen molar-refractivity contribution in [2.75, 3.05) is 17.7 Å². The Morgan fingerprint density at radius 1 is 1.27 bits per heavy atom. The minimum absolute atomic E-state index is 0.162. The minimum atomic E-state index is -0.361. The highest BCUT2D eigenvalue weighted by atomic mass is 32.2. The van der Waals surface area contributed by atoms with Crippen LogP contribution in [-0.2, 0) is 28.9 Å². The Hall–Kier alpha value is -2.72. The number of carbonyl (C=O) groups is 2. The highest BCUT2D eigenvalue weighted by Gasteiger charge is 2.29. The van der Waals surface area contributed by atoms with E-state index in [2.05, 4.69) is 27.4 Å². The molecule has 8 nitrogen and oxygen atoms in total. The van der Waals surface area contributed by atoms with Gasteiger partial charge in [-0.25, -0.2) is 4.79 Å². The van der Waals surface area contributed by atoms with Crippen LogP contribution in [0.1, 0.15) is 48.0 Å². The van der Waals surface area contributed by atoms with Gasteiger partial charge >= 0.3 is 5.97 Å². The number of amides is 1. The molecule has 174 valence electrons. The number of nitrogens with one attached hydrogen (secondary N) is 1. The van der Waals surface area contributed by atoms with Crippen molar-refractivity contribution in [2.45, 2.75) is 51.7 Å².